The van der Waals surface area contributed by atoms with E-state index in [2.05, 4.69) is 32.6 Å². The van der Waals surface area contributed by atoms with E-state index in [0.29, 0.717) is 19.0 Å². The molecule has 0 radical (unpaired) electrons. The van der Waals surface area contributed by atoms with Crippen LogP contribution in [0.25, 0.3) is 0 Å². The molecule has 0 unspecified atom stereocenters. The lowest BCUT2D eigenvalue weighted by atomic mass is 9.80. The van der Waals surface area contributed by atoms with Crippen molar-refractivity contribution in [1.29, 1.82) is 0 Å². The Morgan fingerprint density at radius 2 is 1.85 bits per heavy atom. The summed E-state index contributed by atoms with van der Waals surface area (Å²) in [7, 11) is 0. The molecule has 0 aliphatic carbocycles. The quantitative estimate of drug-likeness (QED) is 0.579. The Kier molecular flexibility index (Phi) is 6.98. The van der Waals surface area contributed by atoms with Gasteiger partial charge in [0.05, 0.1) is 19.2 Å². The molecule has 1 rings (SSSR count). The van der Waals surface area contributed by atoms with Gasteiger partial charge in [0, 0.05) is 24.0 Å². The summed E-state index contributed by atoms with van der Waals surface area (Å²) < 4.78 is 5.11. The van der Waals surface area contributed by atoms with Crippen LogP contribution in [-0.4, -0.2) is 51.9 Å². The highest BCUT2D eigenvalue weighted by atomic mass is 32.2. The van der Waals surface area contributed by atoms with Gasteiger partial charge >= 0.3 is 0 Å². The number of hydrogen-bond acceptors (Lipinski definition) is 5. The maximum absolute atomic E-state index is 11.9. The Balaban J connectivity index is 2.40. The van der Waals surface area contributed by atoms with Gasteiger partial charge < -0.3 is 9.84 Å². The molecule has 5 heteroatoms. The molecular weight excluding hydrogens is 274 g/mol. The number of carbonyl (C=O) groups is 1. The minimum Gasteiger partial charge on any atom is -0.394 e. The third kappa shape index (κ3) is 5.35. The number of carbonyl (C=O) groups excluding carboxylic acids is 1. The summed E-state index contributed by atoms with van der Waals surface area (Å²) in [5, 5.41) is 8.76. The maximum atomic E-state index is 11.9. The van der Waals surface area contributed by atoms with Crippen molar-refractivity contribution in [2.24, 2.45) is 0 Å². The highest BCUT2D eigenvalue weighted by Crippen LogP contribution is 2.38. The summed E-state index contributed by atoms with van der Waals surface area (Å²) in [5.41, 5.74) is 0.334. The molecular formula is C15H29NO3S. The maximum Gasteiger partial charge on any atom is 0.192 e. The first-order valence-electron chi connectivity index (χ1n) is 7.41. The molecule has 0 spiro atoms. The van der Waals surface area contributed by atoms with Crippen molar-refractivity contribution in [1.82, 2.24) is 4.90 Å². The van der Waals surface area contributed by atoms with E-state index in [4.69, 9.17) is 9.84 Å². The Hall–Kier alpha value is -0.100. The molecule has 20 heavy (non-hydrogen) atoms. The Labute approximate surface area is 127 Å². The van der Waals surface area contributed by atoms with E-state index >= 15 is 0 Å². The highest BCUT2D eigenvalue weighted by Gasteiger charge is 2.40. The lowest BCUT2D eigenvalue weighted by Gasteiger charge is -2.53. The number of piperidine rings is 1. The lowest BCUT2D eigenvalue weighted by molar-refractivity contribution is -0.112. The number of aliphatic hydroxyl groups excluding tert-OH is 1. The fourth-order valence-electron chi connectivity index (χ4n) is 3.15. The Morgan fingerprint density at radius 1 is 1.25 bits per heavy atom. The standard InChI is InChI=1S/C15H29NO3S/c1-14(2)7-5-8-15(3,4)16(14)9-6-13(18)20-12-19-11-10-17/h17H,5-12H2,1-4H3. The van der Waals surface area contributed by atoms with Crippen molar-refractivity contribution in [2.45, 2.75) is 64.5 Å². The van der Waals surface area contributed by atoms with Crippen molar-refractivity contribution in [3.63, 3.8) is 0 Å². The van der Waals surface area contributed by atoms with Gasteiger partial charge in [-0.05, 0) is 47.0 Å². The predicted octanol–water partition coefficient (Wildman–Crippen LogP) is 2.65. The van der Waals surface area contributed by atoms with Gasteiger partial charge in [0.25, 0.3) is 0 Å². The number of hydrogen-bond donors (Lipinski definition) is 1. The van der Waals surface area contributed by atoms with Gasteiger partial charge in [-0.3, -0.25) is 9.69 Å². The zero-order valence-electron chi connectivity index (χ0n) is 13.3. The first-order chi connectivity index (χ1) is 9.29. The molecule has 1 aliphatic heterocycles. The van der Waals surface area contributed by atoms with Crippen LogP contribution in [0, 0.1) is 0 Å². The summed E-state index contributed by atoms with van der Waals surface area (Å²) in [6.07, 6.45) is 4.20. The average molecular weight is 303 g/mol. The summed E-state index contributed by atoms with van der Waals surface area (Å²) in [6, 6.07) is 0. The molecule has 0 saturated carbocycles. The molecule has 0 bridgehead atoms. The molecule has 1 heterocycles. The molecule has 0 atom stereocenters. The highest BCUT2D eigenvalue weighted by molar-refractivity contribution is 8.13. The van der Waals surface area contributed by atoms with Crippen molar-refractivity contribution >= 4 is 16.9 Å². The summed E-state index contributed by atoms with van der Waals surface area (Å²) in [5.74, 6) is 0.339. The van der Waals surface area contributed by atoms with Crippen molar-refractivity contribution < 1.29 is 14.6 Å². The van der Waals surface area contributed by atoms with Crippen LogP contribution in [-0.2, 0) is 9.53 Å². The smallest absolute Gasteiger partial charge is 0.192 e. The van der Waals surface area contributed by atoms with Crippen LogP contribution in [0.15, 0.2) is 0 Å². The van der Waals surface area contributed by atoms with Crippen LogP contribution >= 0.6 is 11.8 Å². The van der Waals surface area contributed by atoms with Gasteiger partial charge in [-0.15, -0.1) is 0 Å². The average Bonchev–Trinajstić information content (AvgIpc) is 2.32. The van der Waals surface area contributed by atoms with E-state index in [1.807, 2.05) is 0 Å². The third-order valence-electron chi connectivity index (χ3n) is 4.12. The Morgan fingerprint density at radius 3 is 2.40 bits per heavy atom. The molecule has 1 aliphatic rings. The van der Waals surface area contributed by atoms with Gasteiger partial charge in [-0.25, -0.2) is 0 Å². The molecule has 4 nitrogen and oxygen atoms in total. The minimum atomic E-state index is 0.00487. The zero-order valence-corrected chi connectivity index (χ0v) is 14.1. The zero-order chi connectivity index (χ0) is 15.2. The predicted molar refractivity (Wildman–Crippen MR) is 83.8 cm³/mol. The second kappa shape index (κ2) is 7.78. The van der Waals surface area contributed by atoms with Crippen molar-refractivity contribution in [3.8, 4) is 0 Å². The number of nitrogens with zero attached hydrogens (tertiary/aromatic N) is 1. The number of rotatable bonds is 7. The van der Waals surface area contributed by atoms with E-state index in [1.165, 1.54) is 31.0 Å². The van der Waals surface area contributed by atoms with Crippen molar-refractivity contribution in [3.05, 3.63) is 0 Å². The van der Waals surface area contributed by atoms with Crippen LogP contribution in [0.2, 0.25) is 0 Å². The molecule has 0 amide bonds. The van der Waals surface area contributed by atoms with E-state index in [-0.39, 0.29) is 22.8 Å². The third-order valence-corrected chi connectivity index (χ3v) is 4.93. The largest absolute Gasteiger partial charge is 0.394 e. The molecule has 1 saturated heterocycles. The fourth-order valence-corrected chi connectivity index (χ4v) is 3.72. The van der Waals surface area contributed by atoms with Crippen LogP contribution < -0.4 is 0 Å². The van der Waals surface area contributed by atoms with Crippen LogP contribution in [0.4, 0.5) is 0 Å². The lowest BCUT2D eigenvalue weighted by Crippen LogP contribution is -2.58. The minimum absolute atomic E-state index is 0.00487. The fraction of sp³-hybridized carbons (Fsp3) is 0.933. The van der Waals surface area contributed by atoms with E-state index < -0.39 is 0 Å². The molecule has 1 N–H and O–H groups in total. The molecule has 0 aromatic heterocycles. The van der Waals surface area contributed by atoms with E-state index in [1.54, 1.807) is 0 Å². The van der Waals surface area contributed by atoms with Gasteiger partial charge in [0.2, 0.25) is 0 Å². The Bertz CT molecular complexity index is 302. The molecule has 118 valence electrons. The van der Waals surface area contributed by atoms with Crippen molar-refractivity contribution in [2.75, 3.05) is 25.7 Å². The molecule has 0 aromatic carbocycles. The number of aliphatic hydroxyl groups is 1. The van der Waals surface area contributed by atoms with E-state index in [0.717, 1.165) is 6.54 Å². The number of thioether (sulfide) groups is 1. The molecule has 1 fully saturated rings. The summed E-state index contributed by atoms with van der Waals surface area (Å²) in [4.78, 5) is 14.3. The SMILES string of the molecule is CC1(C)CCCC(C)(C)N1CCC(=O)SCOCCO. The van der Waals surface area contributed by atoms with Gasteiger partial charge in [0.1, 0.15) is 0 Å². The van der Waals surface area contributed by atoms with E-state index in [9.17, 15) is 4.79 Å². The monoisotopic (exact) mass is 303 g/mol. The second-order valence-electron chi connectivity index (χ2n) is 6.65. The number of likely N-dealkylation sites (tertiary alicyclic amines) is 1. The first-order valence-corrected chi connectivity index (χ1v) is 8.40. The van der Waals surface area contributed by atoms with Crippen LogP contribution in [0.3, 0.4) is 0 Å². The van der Waals surface area contributed by atoms with Crippen LogP contribution in [0.1, 0.15) is 53.4 Å². The van der Waals surface area contributed by atoms with Crippen LogP contribution in [0.5, 0.6) is 0 Å². The van der Waals surface area contributed by atoms with Gasteiger partial charge in [-0.2, -0.15) is 0 Å². The number of ether oxygens (including phenoxy) is 1. The summed E-state index contributed by atoms with van der Waals surface area (Å²) in [6.45, 7) is 10.2. The normalized spacial score (nSPS) is 21.9. The summed E-state index contributed by atoms with van der Waals surface area (Å²) >= 11 is 1.21. The first kappa shape index (κ1) is 18.0. The second-order valence-corrected chi connectivity index (χ2v) is 7.63. The van der Waals surface area contributed by atoms with Gasteiger partial charge in [0.15, 0.2) is 5.12 Å². The van der Waals surface area contributed by atoms with Gasteiger partial charge in [-0.1, -0.05) is 11.8 Å². The topological polar surface area (TPSA) is 49.8 Å². The molecule has 0 aromatic rings.